The number of β-amino-alcohol motifs (C(OH)–C–C–N with tert-alkyl or cyclic N) is 1. The number of aliphatic hydroxyl groups is 1. The molecule has 6 heteroatoms. The molecule has 2 aliphatic heterocycles. The second-order valence-electron chi connectivity index (χ2n) is 6.86. The minimum atomic E-state index is -0.997. The highest BCUT2D eigenvalue weighted by atomic mass is 19.1. The van der Waals surface area contributed by atoms with Crippen LogP contribution in [0.5, 0.6) is 0 Å². The summed E-state index contributed by atoms with van der Waals surface area (Å²) < 4.78 is 32.5. The van der Waals surface area contributed by atoms with Crippen LogP contribution in [-0.2, 0) is 4.74 Å². The highest BCUT2D eigenvalue weighted by Crippen LogP contribution is 2.23. The first-order chi connectivity index (χ1) is 11.6. The van der Waals surface area contributed by atoms with E-state index >= 15 is 0 Å². The number of likely N-dealkylation sites (tertiary alicyclic amines) is 1. The standard InChI is InChI=1S/C18H26F2N2O2/c19-15-3-4-17(20)16(10-15)18(23)13-22-5-1-2-14(12-22)11-21-6-8-24-9-7-21/h3-4,10,14,18,23H,1-2,5-9,11-13H2. The topological polar surface area (TPSA) is 35.9 Å². The lowest BCUT2D eigenvalue weighted by Crippen LogP contribution is -2.45. The van der Waals surface area contributed by atoms with E-state index in [0.717, 1.165) is 70.6 Å². The summed E-state index contributed by atoms with van der Waals surface area (Å²) in [6.07, 6.45) is 1.26. The SMILES string of the molecule is OC(CN1CCCC(CN2CCOCC2)C1)c1cc(F)ccc1F. The van der Waals surface area contributed by atoms with Crippen molar-refractivity contribution >= 4 is 0 Å². The maximum atomic E-state index is 13.8. The lowest BCUT2D eigenvalue weighted by Gasteiger charge is -2.37. The fourth-order valence-electron chi connectivity index (χ4n) is 3.73. The van der Waals surface area contributed by atoms with Gasteiger partial charge in [-0.2, -0.15) is 0 Å². The van der Waals surface area contributed by atoms with Crippen LogP contribution in [0, 0.1) is 17.6 Å². The Kier molecular flexibility index (Phi) is 6.16. The van der Waals surface area contributed by atoms with Crippen LogP contribution in [0.25, 0.3) is 0 Å². The monoisotopic (exact) mass is 340 g/mol. The normalized spacial score (nSPS) is 24.9. The zero-order valence-corrected chi connectivity index (χ0v) is 14.0. The summed E-state index contributed by atoms with van der Waals surface area (Å²) in [4.78, 5) is 4.60. The Morgan fingerprint density at radius 3 is 2.75 bits per heavy atom. The van der Waals surface area contributed by atoms with E-state index in [1.165, 1.54) is 6.42 Å². The number of nitrogens with zero attached hydrogens (tertiary/aromatic N) is 2. The van der Waals surface area contributed by atoms with Gasteiger partial charge in [0, 0.05) is 38.3 Å². The first-order valence-corrected chi connectivity index (χ1v) is 8.77. The zero-order chi connectivity index (χ0) is 16.9. The predicted octanol–water partition coefficient (Wildman–Crippen LogP) is 2.04. The van der Waals surface area contributed by atoms with Crippen molar-refractivity contribution in [3.05, 3.63) is 35.4 Å². The number of rotatable bonds is 5. The van der Waals surface area contributed by atoms with Crippen molar-refractivity contribution in [3.63, 3.8) is 0 Å². The molecule has 1 N–H and O–H groups in total. The third-order valence-corrected chi connectivity index (χ3v) is 4.97. The molecule has 0 radical (unpaired) electrons. The summed E-state index contributed by atoms with van der Waals surface area (Å²) in [5, 5.41) is 10.3. The van der Waals surface area contributed by atoms with Crippen molar-refractivity contribution in [2.75, 3.05) is 52.5 Å². The van der Waals surface area contributed by atoms with Crippen molar-refractivity contribution in [1.82, 2.24) is 9.80 Å². The van der Waals surface area contributed by atoms with Gasteiger partial charge in [0.2, 0.25) is 0 Å². The van der Waals surface area contributed by atoms with Crippen LogP contribution in [0.4, 0.5) is 8.78 Å². The molecule has 2 atom stereocenters. The average Bonchev–Trinajstić information content (AvgIpc) is 2.58. The average molecular weight is 340 g/mol. The maximum absolute atomic E-state index is 13.8. The number of ether oxygens (including phenoxy) is 1. The van der Waals surface area contributed by atoms with E-state index in [2.05, 4.69) is 9.80 Å². The van der Waals surface area contributed by atoms with Crippen molar-refractivity contribution in [1.29, 1.82) is 0 Å². The van der Waals surface area contributed by atoms with Gasteiger partial charge in [-0.05, 0) is 43.5 Å². The van der Waals surface area contributed by atoms with Gasteiger partial charge in [-0.1, -0.05) is 0 Å². The molecule has 2 unspecified atom stereocenters. The van der Waals surface area contributed by atoms with Crippen LogP contribution in [0.3, 0.4) is 0 Å². The molecule has 1 aromatic carbocycles. The predicted molar refractivity (Wildman–Crippen MR) is 87.7 cm³/mol. The van der Waals surface area contributed by atoms with E-state index < -0.39 is 17.7 Å². The molecule has 134 valence electrons. The van der Waals surface area contributed by atoms with E-state index in [4.69, 9.17) is 4.74 Å². The molecule has 2 heterocycles. The zero-order valence-electron chi connectivity index (χ0n) is 14.0. The highest BCUT2D eigenvalue weighted by molar-refractivity contribution is 5.21. The van der Waals surface area contributed by atoms with Gasteiger partial charge >= 0.3 is 0 Å². The molecule has 24 heavy (non-hydrogen) atoms. The Balaban J connectivity index is 1.53. The van der Waals surface area contributed by atoms with Crippen molar-refractivity contribution < 1.29 is 18.6 Å². The lowest BCUT2D eigenvalue weighted by atomic mass is 9.96. The van der Waals surface area contributed by atoms with Crippen molar-refractivity contribution in [2.24, 2.45) is 5.92 Å². The van der Waals surface area contributed by atoms with E-state index in [-0.39, 0.29) is 5.56 Å². The van der Waals surface area contributed by atoms with Gasteiger partial charge in [-0.25, -0.2) is 8.78 Å². The van der Waals surface area contributed by atoms with Gasteiger partial charge in [0.25, 0.3) is 0 Å². The van der Waals surface area contributed by atoms with Crippen molar-refractivity contribution in [2.45, 2.75) is 18.9 Å². The fraction of sp³-hybridized carbons (Fsp3) is 0.667. The lowest BCUT2D eigenvalue weighted by molar-refractivity contribution is 0.0186. The highest BCUT2D eigenvalue weighted by Gasteiger charge is 2.25. The number of hydrogen-bond donors (Lipinski definition) is 1. The number of morpholine rings is 1. The quantitative estimate of drug-likeness (QED) is 0.890. The van der Waals surface area contributed by atoms with Crippen molar-refractivity contribution in [3.8, 4) is 0 Å². The molecule has 0 saturated carbocycles. The Hall–Kier alpha value is -1.08. The minimum Gasteiger partial charge on any atom is -0.387 e. The van der Waals surface area contributed by atoms with Crippen LogP contribution in [-0.4, -0.2) is 67.4 Å². The Morgan fingerprint density at radius 2 is 1.96 bits per heavy atom. The van der Waals surface area contributed by atoms with E-state index in [1.54, 1.807) is 0 Å². The van der Waals surface area contributed by atoms with E-state index in [9.17, 15) is 13.9 Å². The maximum Gasteiger partial charge on any atom is 0.129 e. The number of halogens is 2. The van der Waals surface area contributed by atoms with Gasteiger partial charge in [0.05, 0.1) is 19.3 Å². The number of aliphatic hydroxyl groups excluding tert-OH is 1. The van der Waals surface area contributed by atoms with Gasteiger partial charge < -0.3 is 14.7 Å². The first kappa shape index (κ1) is 17.7. The molecule has 0 aliphatic carbocycles. The molecule has 0 bridgehead atoms. The van der Waals surface area contributed by atoms with E-state index in [1.807, 2.05) is 0 Å². The largest absolute Gasteiger partial charge is 0.387 e. The van der Waals surface area contributed by atoms with Crippen LogP contribution < -0.4 is 0 Å². The summed E-state index contributed by atoms with van der Waals surface area (Å²) in [6.45, 7) is 6.74. The summed E-state index contributed by atoms with van der Waals surface area (Å²) in [7, 11) is 0. The van der Waals surface area contributed by atoms with Crippen LogP contribution in [0.1, 0.15) is 24.5 Å². The van der Waals surface area contributed by atoms with Gasteiger partial charge in [0.1, 0.15) is 11.6 Å². The second kappa shape index (κ2) is 8.34. The Bertz CT molecular complexity index is 538. The molecule has 3 rings (SSSR count). The smallest absolute Gasteiger partial charge is 0.129 e. The van der Waals surface area contributed by atoms with Gasteiger partial charge in [0.15, 0.2) is 0 Å². The van der Waals surface area contributed by atoms with Gasteiger partial charge in [-0.15, -0.1) is 0 Å². The number of benzene rings is 1. The molecule has 1 aromatic rings. The van der Waals surface area contributed by atoms with E-state index in [0.29, 0.717) is 12.5 Å². The molecule has 0 spiro atoms. The minimum absolute atomic E-state index is 0.0466. The molecule has 2 saturated heterocycles. The Labute approximate surface area is 142 Å². The summed E-state index contributed by atoms with van der Waals surface area (Å²) in [5.41, 5.74) is 0.0466. The van der Waals surface area contributed by atoms with Gasteiger partial charge in [-0.3, -0.25) is 4.90 Å². The molecule has 4 nitrogen and oxygen atoms in total. The molecular weight excluding hydrogens is 314 g/mol. The number of piperidine rings is 1. The molecule has 2 aliphatic rings. The Morgan fingerprint density at radius 1 is 1.17 bits per heavy atom. The third kappa shape index (κ3) is 4.72. The second-order valence-corrected chi connectivity index (χ2v) is 6.86. The molecule has 0 aromatic heterocycles. The molecule has 0 amide bonds. The summed E-state index contributed by atoms with van der Waals surface area (Å²) in [5.74, 6) is -0.513. The first-order valence-electron chi connectivity index (χ1n) is 8.77. The van der Waals surface area contributed by atoms with Crippen LogP contribution in [0.15, 0.2) is 18.2 Å². The fourth-order valence-corrected chi connectivity index (χ4v) is 3.73. The number of hydrogen-bond acceptors (Lipinski definition) is 4. The summed E-state index contributed by atoms with van der Waals surface area (Å²) in [6, 6.07) is 3.24. The molecular formula is C18H26F2N2O2. The third-order valence-electron chi connectivity index (χ3n) is 4.97. The van der Waals surface area contributed by atoms with Crippen LogP contribution in [0.2, 0.25) is 0 Å². The summed E-state index contributed by atoms with van der Waals surface area (Å²) >= 11 is 0. The molecule has 2 fully saturated rings. The van der Waals surface area contributed by atoms with Crippen LogP contribution >= 0.6 is 0 Å².